The van der Waals surface area contributed by atoms with Crippen molar-refractivity contribution in [2.45, 2.75) is 46.5 Å². The molecular formula is C15H22N4S. The lowest BCUT2D eigenvalue weighted by molar-refractivity contribution is 0.789. The Kier molecular flexibility index (Phi) is 5.06. The molecule has 0 spiro atoms. The van der Waals surface area contributed by atoms with E-state index >= 15 is 0 Å². The summed E-state index contributed by atoms with van der Waals surface area (Å²) in [4.78, 5) is 13.8. The van der Waals surface area contributed by atoms with Crippen LogP contribution in [0.5, 0.6) is 0 Å². The summed E-state index contributed by atoms with van der Waals surface area (Å²) in [7, 11) is 0. The van der Waals surface area contributed by atoms with Crippen LogP contribution in [-0.4, -0.2) is 21.5 Å². The average Bonchev–Trinajstić information content (AvgIpc) is 2.81. The number of anilines is 1. The predicted octanol–water partition coefficient (Wildman–Crippen LogP) is 3.78. The lowest BCUT2D eigenvalue weighted by Crippen LogP contribution is -2.08. The third-order valence-corrected chi connectivity index (χ3v) is 3.88. The summed E-state index contributed by atoms with van der Waals surface area (Å²) in [6, 6.07) is 2.05. The average molecular weight is 290 g/mol. The first-order chi connectivity index (χ1) is 9.58. The first kappa shape index (κ1) is 14.9. The van der Waals surface area contributed by atoms with E-state index in [0.717, 1.165) is 41.0 Å². The molecule has 0 aromatic carbocycles. The molecule has 0 saturated heterocycles. The van der Waals surface area contributed by atoms with Gasteiger partial charge in [0.1, 0.15) is 16.6 Å². The molecule has 2 heterocycles. The Morgan fingerprint density at radius 2 is 2.05 bits per heavy atom. The van der Waals surface area contributed by atoms with Crippen molar-refractivity contribution in [3.63, 3.8) is 0 Å². The van der Waals surface area contributed by atoms with E-state index in [1.54, 1.807) is 11.3 Å². The van der Waals surface area contributed by atoms with Gasteiger partial charge in [-0.2, -0.15) is 0 Å². The van der Waals surface area contributed by atoms with Gasteiger partial charge in [-0.1, -0.05) is 20.8 Å². The van der Waals surface area contributed by atoms with Crippen LogP contribution in [0.4, 0.5) is 5.82 Å². The Morgan fingerprint density at radius 3 is 2.65 bits per heavy atom. The van der Waals surface area contributed by atoms with Crippen LogP contribution in [0.2, 0.25) is 0 Å². The molecule has 0 radical (unpaired) electrons. The molecule has 2 rings (SSSR count). The SMILES string of the molecule is CCCNc1cc(C(C)C)nc(Cc2nc(C)cs2)n1. The molecule has 2 aromatic rings. The summed E-state index contributed by atoms with van der Waals surface area (Å²) < 4.78 is 0. The van der Waals surface area contributed by atoms with Crippen molar-refractivity contribution < 1.29 is 0 Å². The van der Waals surface area contributed by atoms with Crippen LogP contribution in [0.25, 0.3) is 0 Å². The van der Waals surface area contributed by atoms with Gasteiger partial charge in [0.2, 0.25) is 0 Å². The third kappa shape index (κ3) is 4.00. The minimum absolute atomic E-state index is 0.400. The molecule has 20 heavy (non-hydrogen) atoms. The second kappa shape index (κ2) is 6.79. The van der Waals surface area contributed by atoms with Crippen molar-refractivity contribution >= 4 is 17.2 Å². The van der Waals surface area contributed by atoms with E-state index < -0.39 is 0 Å². The number of thiazole rings is 1. The number of nitrogens with zero attached hydrogens (tertiary/aromatic N) is 3. The van der Waals surface area contributed by atoms with Crippen molar-refractivity contribution in [1.29, 1.82) is 0 Å². The van der Waals surface area contributed by atoms with Crippen LogP contribution in [0.3, 0.4) is 0 Å². The maximum Gasteiger partial charge on any atom is 0.137 e. The fourth-order valence-electron chi connectivity index (χ4n) is 1.86. The Morgan fingerprint density at radius 1 is 1.25 bits per heavy atom. The number of aromatic nitrogens is 3. The molecule has 1 N–H and O–H groups in total. The minimum atomic E-state index is 0.400. The summed E-state index contributed by atoms with van der Waals surface area (Å²) in [6.45, 7) is 9.41. The van der Waals surface area contributed by atoms with E-state index in [0.29, 0.717) is 12.3 Å². The monoisotopic (exact) mass is 290 g/mol. The van der Waals surface area contributed by atoms with Gasteiger partial charge in [-0.25, -0.2) is 15.0 Å². The molecule has 108 valence electrons. The standard InChI is InChI=1S/C15H22N4S/c1-5-6-16-13-7-12(10(2)3)18-14(19-13)8-15-17-11(4)9-20-15/h7,9-10H,5-6,8H2,1-4H3,(H,16,18,19). The highest BCUT2D eigenvalue weighted by atomic mass is 32.1. The van der Waals surface area contributed by atoms with Crippen molar-refractivity contribution in [3.05, 3.63) is 33.7 Å². The number of nitrogens with one attached hydrogen (secondary N) is 1. The topological polar surface area (TPSA) is 50.7 Å². The zero-order chi connectivity index (χ0) is 14.5. The minimum Gasteiger partial charge on any atom is -0.370 e. The van der Waals surface area contributed by atoms with Crippen molar-refractivity contribution in [2.75, 3.05) is 11.9 Å². The van der Waals surface area contributed by atoms with E-state index in [4.69, 9.17) is 0 Å². The second-order valence-corrected chi connectivity index (χ2v) is 6.18. The van der Waals surface area contributed by atoms with Gasteiger partial charge in [-0.15, -0.1) is 11.3 Å². The third-order valence-electron chi connectivity index (χ3n) is 2.92. The normalized spacial score (nSPS) is 11.1. The quantitative estimate of drug-likeness (QED) is 0.879. The van der Waals surface area contributed by atoms with Crippen molar-refractivity contribution in [3.8, 4) is 0 Å². The van der Waals surface area contributed by atoms with E-state index in [1.807, 2.05) is 6.92 Å². The van der Waals surface area contributed by atoms with Crippen LogP contribution in [0.1, 0.15) is 55.3 Å². The molecule has 0 aliphatic carbocycles. The first-order valence-electron chi connectivity index (χ1n) is 7.11. The maximum atomic E-state index is 4.66. The zero-order valence-electron chi connectivity index (χ0n) is 12.6. The summed E-state index contributed by atoms with van der Waals surface area (Å²) >= 11 is 1.67. The van der Waals surface area contributed by atoms with Crippen LogP contribution in [0.15, 0.2) is 11.4 Å². The number of rotatable bonds is 6. The molecule has 0 aliphatic heterocycles. The molecule has 0 saturated carbocycles. The van der Waals surface area contributed by atoms with Gasteiger partial charge < -0.3 is 5.32 Å². The molecule has 5 heteroatoms. The molecule has 0 amide bonds. The van der Waals surface area contributed by atoms with Gasteiger partial charge in [0.15, 0.2) is 0 Å². The lowest BCUT2D eigenvalue weighted by Gasteiger charge is -2.11. The lowest BCUT2D eigenvalue weighted by atomic mass is 10.1. The molecule has 0 aliphatic rings. The molecular weight excluding hydrogens is 268 g/mol. The van der Waals surface area contributed by atoms with E-state index in [9.17, 15) is 0 Å². The predicted molar refractivity (Wildman–Crippen MR) is 84.6 cm³/mol. The highest BCUT2D eigenvalue weighted by Crippen LogP contribution is 2.18. The van der Waals surface area contributed by atoms with Crippen LogP contribution in [0, 0.1) is 6.92 Å². The summed E-state index contributed by atoms with van der Waals surface area (Å²) in [6.07, 6.45) is 1.79. The highest BCUT2D eigenvalue weighted by molar-refractivity contribution is 7.09. The molecule has 2 aromatic heterocycles. The summed E-state index contributed by atoms with van der Waals surface area (Å²) in [5, 5.41) is 6.49. The van der Waals surface area contributed by atoms with E-state index in [2.05, 4.69) is 52.5 Å². The Balaban J connectivity index is 2.23. The summed E-state index contributed by atoms with van der Waals surface area (Å²) in [5.41, 5.74) is 2.15. The second-order valence-electron chi connectivity index (χ2n) is 5.24. The van der Waals surface area contributed by atoms with Crippen LogP contribution < -0.4 is 5.32 Å². The van der Waals surface area contributed by atoms with E-state index in [-0.39, 0.29) is 0 Å². The largest absolute Gasteiger partial charge is 0.370 e. The Hall–Kier alpha value is -1.49. The van der Waals surface area contributed by atoms with Crippen LogP contribution >= 0.6 is 11.3 Å². The number of aryl methyl sites for hydroxylation is 1. The first-order valence-corrected chi connectivity index (χ1v) is 7.99. The fraction of sp³-hybridized carbons (Fsp3) is 0.533. The van der Waals surface area contributed by atoms with Gasteiger partial charge in [0.25, 0.3) is 0 Å². The van der Waals surface area contributed by atoms with Gasteiger partial charge in [0.05, 0.1) is 6.42 Å². The van der Waals surface area contributed by atoms with Gasteiger partial charge in [-0.3, -0.25) is 0 Å². The number of hydrogen-bond donors (Lipinski definition) is 1. The Bertz CT molecular complexity index is 563. The molecule has 0 fully saturated rings. The molecule has 0 atom stereocenters. The molecule has 0 bridgehead atoms. The Labute approximate surface area is 124 Å². The molecule has 0 unspecified atom stereocenters. The zero-order valence-corrected chi connectivity index (χ0v) is 13.4. The van der Waals surface area contributed by atoms with Crippen LogP contribution in [-0.2, 0) is 6.42 Å². The summed E-state index contributed by atoms with van der Waals surface area (Å²) in [5.74, 6) is 2.18. The van der Waals surface area contributed by atoms with E-state index in [1.165, 1.54) is 0 Å². The smallest absolute Gasteiger partial charge is 0.137 e. The molecule has 4 nitrogen and oxygen atoms in total. The highest BCUT2D eigenvalue weighted by Gasteiger charge is 2.10. The van der Waals surface area contributed by atoms with Gasteiger partial charge >= 0.3 is 0 Å². The maximum absolute atomic E-state index is 4.66. The van der Waals surface area contributed by atoms with Crippen molar-refractivity contribution in [1.82, 2.24) is 15.0 Å². The fourth-order valence-corrected chi connectivity index (χ4v) is 2.62. The number of hydrogen-bond acceptors (Lipinski definition) is 5. The van der Waals surface area contributed by atoms with Gasteiger partial charge in [0, 0.05) is 29.4 Å². The van der Waals surface area contributed by atoms with Crippen molar-refractivity contribution in [2.24, 2.45) is 0 Å². The van der Waals surface area contributed by atoms with Gasteiger partial charge in [-0.05, 0) is 19.3 Å².